The van der Waals surface area contributed by atoms with Crippen molar-refractivity contribution in [2.24, 2.45) is 5.92 Å². The molecule has 1 aromatic rings. The molecule has 1 aromatic carbocycles. The lowest BCUT2D eigenvalue weighted by molar-refractivity contribution is -0.122. The van der Waals surface area contributed by atoms with Gasteiger partial charge in [0.05, 0.1) is 0 Å². The van der Waals surface area contributed by atoms with E-state index in [1.54, 1.807) is 13.0 Å². The van der Waals surface area contributed by atoms with Crippen molar-refractivity contribution in [3.05, 3.63) is 35.1 Å². The predicted octanol–water partition coefficient (Wildman–Crippen LogP) is 2.78. The van der Waals surface area contributed by atoms with Crippen LogP contribution in [0.4, 0.5) is 4.39 Å². The monoisotopic (exact) mass is 387 g/mol. The first-order chi connectivity index (χ1) is 13.5. The van der Waals surface area contributed by atoms with Gasteiger partial charge in [0.15, 0.2) is 0 Å². The minimum atomic E-state index is -0.296. The summed E-state index contributed by atoms with van der Waals surface area (Å²) < 4.78 is 13.4. The van der Waals surface area contributed by atoms with E-state index in [1.807, 2.05) is 0 Å². The lowest BCUT2D eigenvalue weighted by Gasteiger charge is -2.30. The molecule has 1 heterocycles. The van der Waals surface area contributed by atoms with Gasteiger partial charge in [0.25, 0.3) is 5.91 Å². The SMILES string of the molecule is Cc1cc(C(=O)NC[C@@H]2CC[C@H](CC(=O)NC3CC3)N2CC2CC2)ccc1F. The van der Waals surface area contributed by atoms with Gasteiger partial charge < -0.3 is 10.6 Å². The molecule has 3 aliphatic rings. The van der Waals surface area contributed by atoms with Crippen LogP contribution in [0.1, 0.15) is 60.9 Å². The number of carbonyl (C=O) groups excluding carboxylic acids is 2. The number of hydrogen-bond acceptors (Lipinski definition) is 3. The number of carbonyl (C=O) groups is 2. The third-order valence-electron chi connectivity index (χ3n) is 6.22. The molecular formula is C22H30FN3O2. The fraction of sp³-hybridized carbons (Fsp3) is 0.636. The van der Waals surface area contributed by atoms with E-state index in [9.17, 15) is 14.0 Å². The molecule has 28 heavy (non-hydrogen) atoms. The maximum absolute atomic E-state index is 13.4. The topological polar surface area (TPSA) is 61.4 Å². The fourth-order valence-corrected chi connectivity index (χ4v) is 4.18. The maximum atomic E-state index is 13.4. The van der Waals surface area contributed by atoms with Crippen molar-refractivity contribution in [2.45, 2.75) is 70.0 Å². The second-order valence-corrected chi connectivity index (χ2v) is 8.75. The fourth-order valence-electron chi connectivity index (χ4n) is 4.18. The molecule has 2 aliphatic carbocycles. The van der Waals surface area contributed by atoms with Gasteiger partial charge >= 0.3 is 0 Å². The van der Waals surface area contributed by atoms with Gasteiger partial charge in [0.1, 0.15) is 5.82 Å². The van der Waals surface area contributed by atoms with Crippen molar-refractivity contribution in [1.82, 2.24) is 15.5 Å². The normalized spacial score (nSPS) is 24.9. The number of hydrogen-bond donors (Lipinski definition) is 2. The van der Waals surface area contributed by atoms with Gasteiger partial charge in [-0.3, -0.25) is 14.5 Å². The van der Waals surface area contributed by atoms with Gasteiger partial charge in [-0.05, 0) is 75.1 Å². The Morgan fingerprint density at radius 2 is 1.86 bits per heavy atom. The van der Waals surface area contributed by atoms with E-state index in [-0.39, 0.29) is 29.7 Å². The minimum absolute atomic E-state index is 0.163. The average molecular weight is 387 g/mol. The van der Waals surface area contributed by atoms with Crippen LogP contribution in [0.15, 0.2) is 18.2 Å². The smallest absolute Gasteiger partial charge is 0.251 e. The van der Waals surface area contributed by atoms with Crippen molar-refractivity contribution in [3.63, 3.8) is 0 Å². The summed E-state index contributed by atoms with van der Waals surface area (Å²) >= 11 is 0. The Labute approximate surface area is 166 Å². The zero-order valence-corrected chi connectivity index (χ0v) is 16.5. The highest BCUT2D eigenvalue weighted by Crippen LogP contribution is 2.35. The van der Waals surface area contributed by atoms with Gasteiger partial charge in [0, 0.05) is 43.2 Å². The summed E-state index contributed by atoms with van der Waals surface area (Å²) in [5, 5.41) is 6.12. The molecule has 2 amide bonds. The molecule has 0 bridgehead atoms. The number of aryl methyl sites for hydroxylation is 1. The number of rotatable bonds is 8. The second-order valence-electron chi connectivity index (χ2n) is 8.75. The average Bonchev–Trinajstić information content (AvgIpc) is 3.58. The number of halogens is 1. The zero-order chi connectivity index (χ0) is 19.7. The van der Waals surface area contributed by atoms with E-state index in [0.29, 0.717) is 30.1 Å². The van der Waals surface area contributed by atoms with Crippen LogP contribution in [0.25, 0.3) is 0 Å². The minimum Gasteiger partial charge on any atom is -0.353 e. The van der Waals surface area contributed by atoms with Gasteiger partial charge in [0.2, 0.25) is 5.91 Å². The highest BCUT2D eigenvalue weighted by molar-refractivity contribution is 5.94. The van der Waals surface area contributed by atoms with Crippen molar-refractivity contribution in [3.8, 4) is 0 Å². The number of likely N-dealkylation sites (tertiary alicyclic amines) is 1. The summed E-state index contributed by atoms with van der Waals surface area (Å²) in [7, 11) is 0. The van der Waals surface area contributed by atoms with E-state index in [2.05, 4.69) is 15.5 Å². The Bertz CT molecular complexity index is 745. The third kappa shape index (κ3) is 4.90. The second kappa shape index (κ2) is 8.19. The molecule has 2 saturated carbocycles. The highest BCUT2D eigenvalue weighted by Gasteiger charge is 2.38. The van der Waals surface area contributed by atoms with E-state index >= 15 is 0 Å². The summed E-state index contributed by atoms with van der Waals surface area (Å²) in [4.78, 5) is 27.2. The van der Waals surface area contributed by atoms with E-state index in [0.717, 1.165) is 38.1 Å². The molecule has 0 radical (unpaired) electrons. The van der Waals surface area contributed by atoms with Gasteiger partial charge in [-0.15, -0.1) is 0 Å². The van der Waals surface area contributed by atoms with Crippen LogP contribution < -0.4 is 10.6 Å². The lowest BCUT2D eigenvalue weighted by atomic mass is 10.1. The van der Waals surface area contributed by atoms with E-state index in [4.69, 9.17) is 0 Å². The molecule has 2 atom stereocenters. The molecule has 4 rings (SSSR count). The van der Waals surface area contributed by atoms with Crippen LogP contribution in [0.3, 0.4) is 0 Å². The molecule has 0 aromatic heterocycles. The van der Waals surface area contributed by atoms with Gasteiger partial charge in [-0.2, -0.15) is 0 Å². The Kier molecular flexibility index (Phi) is 5.67. The molecule has 3 fully saturated rings. The van der Waals surface area contributed by atoms with Crippen LogP contribution in [0, 0.1) is 18.7 Å². The van der Waals surface area contributed by atoms with E-state index < -0.39 is 0 Å². The van der Waals surface area contributed by atoms with Crippen molar-refractivity contribution >= 4 is 11.8 Å². The van der Waals surface area contributed by atoms with Crippen LogP contribution in [-0.2, 0) is 4.79 Å². The summed E-state index contributed by atoms with van der Waals surface area (Å²) in [6.45, 7) is 3.26. The third-order valence-corrected chi connectivity index (χ3v) is 6.22. The summed E-state index contributed by atoms with van der Waals surface area (Å²) in [6.07, 6.45) is 7.32. The molecule has 1 aliphatic heterocycles. The number of benzene rings is 1. The highest BCUT2D eigenvalue weighted by atomic mass is 19.1. The molecule has 0 unspecified atom stereocenters. The largest absolute Gasteiger partial charge is 0.353 e. The van der Waals surface area contributed by atoms with Gasteiger partial charge in [-0.25, -0.2) is 4.39 Å². The first-order valence-electron chi connectivity index (χ1n) is 10.6. The molecule has 2 N–H and O–H groups in total. The maximum Gasteiger partial charge on any atom is 0.251 e. The standard InChI is InChI=1S/C22H30FN3O2/c1-14-10-16(4-9-20(14)23)22(28)24-12-19-8-7-18(26(19)13-15-2-3-15)11-21(27)25-17-5-6-17/h4,9-10,15,17-19H,2-3,5-8,11-13H2,1H3,(H,24,28)(H,25,27)/t18-,19+/m1/s1. The zero-order valence-electron chi connectivity index (χ0n) is 16.5. The Balaban J connectivity index is 1.33. The Morgan fingerprint density at radius 1 is 1.11 bits per heavy atom. The first kappa shape index (κ1) is 19.4. The van der Waals surface area contributed by atoms with Crippen molar-refractivity contribution in [1.29, 1.82) is 0 Å². The number of amides is 2. The van der Waals surface area contributed by atoms with Crippen LogP contribution in [0.5, 0.6) is 0 Å². The van der Waals surface area contributed by atoms with Crippen LogP contribution >= 0.6 is 0 Å². The van der Waals surface area contributed by atoms with Crippen molar-refractivity contribution < 1.29 is 14.0 Å². The number of nitrogens with zero attached hydrogens (tertiary/aromatic N) is 1. The molecule has 6 heteroatoms. The van der Waals surface area contributed by atoms with E-state index in [1.165, 1.54) is 25.0 Å². The molecular weight excluding hydrogens is 357 g/mol. The molecule has 0 spiro atoms. The quantitative estimate of drug-likeness (QED) is 0.721. The number of nitrogens with one attached hydrogen (secondary N) is 2. The molecule has 1 saturated heterocycles. The predicted molar refractivity (Wildman–Crippen MR) is 105 cm³/mol. The van der Waals surface area contributed by atoms with Gasteiger partial charge in [-0.1, -0.05) is 0 Å². The molecule has 152 valence electrons. The summed E-state index contributed by atoms with van der Waals surface area (Å²) in [5.41, 5.74) is 0.969. The summed E-state index contributed by atoms with van der Waals surface area (Å²) in [6, 6.07) is 5.40. The van der Waals surface area contributed by atoms with Crippen LogP contribution in [-0.4, -0.2) is 47.9 Å². The van der Waals surface area contributed by atoms with Crippen LogP contribution in [0.2, 0.25) is 0 Å². The summed E-state index contributed by atoms with van der Waals surface area (Å²) in [5.74, 6) is 0.449. The Hall–Kier alpha value is -1.95. The Morgan fingerprint density at radius 3 is 2.54 bits per heavy atom. The molecule has 5 nitrogen and oxygen atoms in total. The lowest BCUT2D eigenvalue weighted by Crippen LogP contribution is -2.45. The first-order valence-corrected chi connectivity index (χ1v) is 10.6. The van der Waals surface area contributed by atoms with Crippen molar-refractivity contribution in [2.75, 3.05) is 13.1 Å².